The highest BCUT2D eigenvalue weighted by Crippen LogP contribution is 2.34. The van der Waals surface area contributed by atoms with Crippen molar-refractivity contribution in [2.45, 2.75) is 26.2 Å². The summed E-state index contributed by atoms with van der Waals surface area (Å²) in [5.41, 5.74) is 5.94. The summed E-state index contributed by atoms with van der Waals surface area (Å²) in [6.07, 6.45) is 2.22. The quantitative estimate of drug-likeness (QED) is 0.589. The molecule has 8 heteroatoms. The zero-order valence-corrected chi connectivity index (χ0v) is 18.1. The molecule has 2 amide bonds. The minimum Gasteiger partial charge on any atom is -0.486 e. The summed E-state index contributed by atoms with van der Waals surface area (Å²) in [6, 6.07) is 14.2. The molecule has 1 aliphatic heterocycles. The van der Waals surface area contributed by atoms with E-state index < -0.39 is 0 Å². The number of ether oxygens (including phenoxy) is 2. The van der Waals surface area contributed by atoms with Crippen LogP contribution in [0.2, 0.25) is 0 Å². The van der Waals surface area contributed by atoms with Crippen molar-refractivity contribution in [3.63, 3.8) is 0 Å². The van der Waals surface area contributed by atoms with E-state index >= 15 is 0 Å². The molecule has 0 saturated heterocycles. The lowest BCUT2D eigenvalue weighted by Crippen LogP contribution is -2.22. The maximum absolute atomic E-state index is 13.0. The number of carbonyl (C=O) groups excluding carboxylic acids is 2. The third kappa shape index (κ3) is 4.19. The lowest BCUT2D eigenvalue weighted by Gasteiger charge is -2.18. The van der Waals surface area contributed by atoms with Gasteiger partial charge in [-0.2, -0.15) is 5.10 Å². The van der Waals surface area contributed by atoms with E-state index in [1.54, 1.807) is 42.5 Å². The number of rotatable bonds is 4. The Bertz CT molecular complexity index is 1250. The lowest BCUT2D eigenvalue weighted by atomic mass is 9.93. The number of amides is 2. The number of benzene rings is 2. The molecule has 33 heavy (non-hydrogen) atoms. The average molecular weight is 445 g/mol. The first kappa shape index (κ1) is 20.8. The van der Waals surface area contributed by atoms with Gasteiger partial charge in [0, 0.05) is 34.9 Å². The van der Waals surface area contributed by atoms with Crippen LogP contribution in [0.1, 0.15) is 50.6 Å². The smallest absolute Gasteiger partial charge is 0.291 e. The molecule has 5 rings (SSSR count). The van der Waals surface area contributed by atoms with E-state index in [0.717, 1.165) is 12.0 Å². The molecule has 3 aromatic rings. The molecule has 2 aromatic carbocycles. The zero-order chi connectivity index (χ0) is 22.8. The maximum Gasteiger partial charge on any atom is 0.291 e. The lowest BCUT2D eigenvalue weighted by molar-refractivity contribution is 0.0953. The number of fused-ring (bicyclic) bond motifs is 2. The van der Waals surface area contributed by atoms with Gasteiger partial charge in [0.2, 0.25) is 0 Å². The van der Waals surface area contributed by atoms with Crippen LogP contribution in [0.3, 0.4) is 0 Å². The van der Waals surface area contributed by atoms with Gasteiger partial charge in [0.1, 0.15) is 19.0 Å². The second-order valence-corrected chi connectivity index (χ2v) is 7.89. The fourth-order valence-corrected chi connectivity index (χ4v) is 4.08. The van der Waals surface area contributed by atoms with E-state index in [1.165, 1.54) is 0 Å². The number of carbonyl (C=O) groups is 2. The van der Waals surface area contributed by atoms with E-state index in [1.807, 2.05) is 13.0 Å². The standard InChI is InChI=1S/C25H23N3O5/c1-15-22-18(27-28-24(29)16-6-3-2-4-7-16)8-5-9-20(22)33-23(15)25(30)26-17-10-11-19-21(14-17)32-13-12-31-19/h2-4,6-7,10-11,14H,5,8-9,12-13H2,1H3,(H,26,30)(H,28,29)/b27-18+. The highest BCUT2D eigenvalue weighted by molar-refractivity contribution is 6.09. The third-order valence-corrected chi connectivity index (χ3v) is 5.66. The van der Waals surface area contributed by atoms with E-state index in [2.05, 4.69) is 15.8 Å². The van der Waals surface area contributed by atoms with E-state index in [9.17, 15) is 9.59 Å². The van der Waals surface area contributed by atoms with Gasteiger partial charge in [-0.05, 0) is 44.0 Å². The van der Waals surface area contributed by atoms with Gasteiger partial charge in [-0.15, -0.1) is 0 Å². The van der Waals surface area contributed by atoms with Gasteiger partial charge in [0.05, 0.1) is 5.71 Å². The van der Waals surface area contributed by atoms with Crippen molar-refractivity contribution in [3.05, 3.63) is 76.7 Å². The molecule has 0 saturated carbocycles. The van der Waals surface area contributed by atoms with E-state index in [-0.39, 0.29) is 17.6 Å². The summed E-state index contributed by atoms with van der Waals surface area (Å²) >= 11 is 0. The zero-order valence-electron chi connectivity index (χ0n) is 18.1. The molecule has 0 spiro atoms. The molecule has 1 aromatic heterocycles. The summed E-state index contributed by atoms with van der Waals surface area (Å²) < 4.78 is 17.1. The van der Waals surface area contributed by atoms with Crippen LogP contribution in [0.4, 0.5) is 5.69 Å². The maximum atomic E-state index is 13.0. The number of hydrogen-bond donors (Lipinski definition) is 2. The number of nitrogens with zero attached hydrogens (tertiary/aromatic N) is 1. The number of anilines is 1. The molecule has 0 atom stereocenters. The molecule has 0 radical (unpaired) electrons. The minimum absolute atomic E-state index is 0.235. The number of nitrogens with one attached hydrogen (secondary N) is 2. The Morgan fingerprint density at radius 2 is 1.73 bits per heavy atom. The second kappa shape index (κ2) is 8.82. The molecule has 8 nitrogen and oxygen atoms in total. The van der Waals surface area contributed by atoms with E-state index in [0.29, 0.717) is 65.8 Å². The molecule has 0 fully saturated rings. The Hall–Kier alpha value is -4.07. The Kier molecular flexibility index (Phi) is 5.56. The monoisotopic (exact) mass is 445 g/mol. The molecule has 2 aliphatic rings. The average Bonchev–Trinajstić information content (AvgIpc) is 3.20. The Morgan fingerprint density at radius 3 is 2.55 bits per heavy atom. The van der Waals surface area contributed by atoms with Crippen LogP contribution in [-0.4, -0.2) is 30.7 Å². The van der Waals surface area contributed by atoms with Crippen LogP contribution in [0.15, 0.2) is 58.0 Å². The molecular formula is C25H23N3O5. The largest absolute Gasteiger partial charge is 0.486 e. The minimum atomic E-state index is -0.355. The first-order valence-corrected chi connectivity index (χ1v) is 10.9. The van der Waals surface area contributed by atoms with Crippen molar-refractivity contribution >= 4 is 23.2 Å². The number of furan rings is 1. The highest BCUT2D eigenvalue weighted by atomic mass is 16.6. The van der Waals surface area contributed by atoms with Crippen molar-refractivity contribution < 1.29 is 23.5 Å². The van der Waals surface area contributed by atoms with Crippen molar-refractivity contribution in [3.8, 4) is 11.5 Å². The SMILES string of the molecule is Cc1c(C(=O)Nc2ccc3c(c2)OCCO3)oc2c1/C(=N/NC(=O)c1ccccc1)CCC2. The van der Waals surface area contributed by atoms with Crippen molar-refractivity contribution in [2.24, 2.45) is 5.10 Å². The fraction of sp³-hybridized carbons (Fsp3) is 0.240. The third-order valence-electron chi connectivity index (χ3n) is 5.66. The molecule has 2 heterocycles. The van der Waals surface area contributed by atoms with Crippen LogP contribution >= 0.6 is 0 Å². The van der Waals surface area contributed by atoms with Crippen molar-refractivity contribution in [2.75, 3.05) is 18.5 Å². The highest BCUT2D eigenvalue weighted by Gasteiger charge is 2.28. The Morgan fingerprint density at radius 1 is 0.939 bits per heavy atom. The van der Waals surface area contributed by atoms with Crippen LogP contribution in [0.25, 0.3) is 0 Å². The van der Waals surface area contributed by atoms with Gasteiger partial charge in [0.15, 0.2) is 17.3 Å². The van der Waals surface area contributed by atoms with Crippen molar-refractivity contribution in [1.82, 2.24) is 5.43 Å². The second-order valence-electron chi connectivity index (χ2n) is 7.89. The van der Waals surface area contributed by atoms with Gasteiger partial charge >= 0.3 is 0 Å². The van der Waals surface area contributed by atoms with Crippen molar-refractivity contribution in [1.29, 1.82) is 0 Å². The van der Waals surface area contributed by atoms with Gasteiger partial charge in [-0.1, -0.05) is 18.2 Å². The molecule has 1 aliphatic carbocycles. The van der Waals surface area contributed by atoms with Crippen LogP contribution in [0.5, 0.6) is 11.5 Å². The number of aryl methyl sites for hydroxylation is 1. The van der Waals surface area contributed by atoms with Gasteiger partial charge in [-0.25, -0.2) is 5.43 Å². The first-order chi connectivity index (χ1) is 16.1. The van der Waals surface area contributed by atoms with Crippen LogP contribution in [0, 0.1) is 6.92 Å². The van der Waals surface area contributed by atoms with E-state index in [4.69, 9.17) is 13.9 Å². The predicted octanol–water partition coefficient (Wildman–Crippen LogP) is 4.08. The van der Waals surface area contributed by atoms with Gasteiger partial charge in [0.25, 0.3) is 11.8 Å². The summed E-state index contributed by atoms with van der Waals surface area (Å²) in [6.45, 7) is 2.81. The molecular weight excluding hydrogens is 422 g/mol. The first-order valence-electron chi connectivity index (χ1n) is 10.9. The Labute approximate surface area is 190 Å². The Balaban J connectivity index is 1.36. The van der Waals surface area contributed by atoms with Gasteiger partial charge in [-0.3, -0.25) is 9.59 Å². The van der Waals surface area contributed by atoms with Crippen LogP contribution in [-0.2, 0) is 6.42 Å². The molecule has 168 valence electrons. The number of hydrogen-bond acceptors (Lipinski definition) is 6. The summed E-state index contributed by atoms with van der Waals surface area (Å²) in [5.74, 6) is 1.55. The number of hydrazone groups is 1. The van der Waals surface area contributed by atoms with Gasteiger partial charge < -0.3 is 19.2 Å². The summed E-state index contributed by atoms with van der Waals surface area (Å²) in [7, 11) is 0. The predicted molar refractivity (Wildman–Crippen MR) is 122 cm³/mol. The normalized spacial score (nSPS) is 15.6. The molecule has 2 N–H and O–H groups in total. The summed E-state index contributed by atoms with van der Waals surface area (Å²) in [5, 5.41) is 7.23. The molecule has 0 bridgehead atoms. The topological polar surface area (TPSA) is 102 Å². The fourth-order valence-electron chi connectivity index (χ4n) is 4.08. The molecule has 0 unspecified atom stereocenters. The summed E-state index contributed by atoms with van der Waals surface area (Å²) in [4.78, 5) is 25.4. The van der Waals surface area contributed by atoms with Crippen LogP contribution < -0.4 is 20.2 Å².